The van der Waals surface area contributed by atoms with E-state index in [2.05, 4.69) is 182 Å². The molecule has 396 valence electrons. The Morgan fingerprint density at radius 1 is 0.347 bits per heavy atom. The summed E-state index contributed by atoms with van der Waals surface area (Å²) in [7, 11) is 0. The third-order valence-electron chi connectivity index (χ3n) is 13.7. The highest BCUT2D eigenvalue weighted by atomic mass is 16.7. The van der Waals surface area contributed by atoms with Crippen molar-refractivity contribution in [3.8, 4) is 17.2 Å². The number of hydrogen-bond donors (Lipinski definition) is 0. The van der Waals surface area contributed by atoms with Crippen LogP contribution in [0.1, 0.15) is 240 Å². The topological polar surface area (TPSA) is 66.4 Å². The van der Waals surface area contributed by atoms with E-state index in [0.717, 1.165) is 52.6 Å². The molecule has 72 heavy (non-hydrogen) atoms. The van der Waals surface area contributed by atoms with E-state index in [1.54, 1.807) is 5.56 Å². The number of benzene rings is 3. The van der Waals surface area contributed by atoms with E-state index >= 15 is 0 Å². The van der Waals surface area contributed by atoms with Crippen molar-refractivity contribution >= 4 is 32.7 Å². The summed E-state index contributed by atoms with van der Waals surface area (Å²) in [6.45, 7) is 60.2. The van der Waals surface area contributed by atoms with E-state index in [1.165, 1.54) is 91.3 Å². The molecule has 6 aromatic rings. The molecule has 2 aliphatic heterocycles. The van der Waals surface area contributed by atoms with E-state index < -0.39 is 0 Å². The lowest BCUT2D eigenvalue weighted by Gasteiger charge is -2.27. The Labute approximate surface area is 439 Å². The zero-order valence-electron chi connectivity index (χ0n) is 50.8. The molecule has 3 aromatic heterocycles. The number of ether oxygens (including phenoxy) is 3. The first-order chi connectivity index (χ1) is 33.3. The standard InChI is InChI=1S/C21H29N.C20H27NO.C19H25NO2.3C2H6/c1-13-11-16-17(20(2,3)4)12-18(21(5,6)7)22-19(16)15-10-8-9-14(13)15;1-12-10-14-15(19(2,3)4)11-16(20(5,6)7)21-17(14)13-8-9-22-18(12)13;1-11-8-12-13(18(2,3)4)9-14(19(5,6)7)20-15(12)17-16(11)21-10-22-17;3*1-2/h11-12H,8-10H2,1-7H3;10-11H,8-9H2,1-7H3;8-9H,10H2,1-7H3;3*1-2H3. The minimum Gasteiger partial charge on any atom is -0.493 e. The van der Waals surface area contributed by atoms with Gasteiger partial charge in [0.25, 0.3) is 0 Å². The number of rotatable bonds is 0. The lowest BCUT2D eigenvalue weighted by atomic mass is 9.80. The molecule has 0 bridgehead atoms. The normalized spacial score (nSPS) is 14.0. The van der Waals surface area contributed by atoms with E-state index in [1.807, 2.05) is 41.5 Å². The fourth-order valence-electron chi connectivity index (χ4n) is 9.84. The number of nitrogens with zero attached hydrogens (tertiary/aromatic N) is 3. The number of pyridine rings is 3. The van der Waals surface area contributed by atoms with Crippen LogP contribution in [0.15, 0.2) is 36.4 Å². The monoisotopic (exact) mass is 982 g/mol. The van der Waals surface area contributed by atoms with Gasteiger partial charge in [-0.05, 0) is 137 Å². The molecular weight excluding hydrogens is 883 g/mol. The fourth-order valence-corrected chi connectivity index (χ4v) is 9.84. The highest BCUT2D eigenvalue weighted by Gasteiger charge is 2.31. The second-order valence-electron chi connectivity index (χ2n) is 25.7. The Morgan fingerprint density at radius 3 is 1.11 bits per heavy atom. The molecule has 6 nitrogen and oxygen atoms in total. The predicted molar refractivity (Wildman–Crippen MR) is 313 cm³/mol. The summed E-state index contributed by atoms with van der Waals surface area (Å²) in [6, 6.07) is 13.7. The van der Waals surface area contributed by atoms with Gasteiger partial charge < -0.3 is 14.2 Å². The van der Waals surface area contributed by atoms with Crippen LogP contribution in [0.3, 0.4) is 0 Å². The summed E-state index contributed by atoms with van der Waals surface area (Å²) in [4.78, 5) is 15.1. The number of aromatic nitrogens is 3. The molecule has 0 fully saturated rings. The molecule has 3 aliphatic rings. The van der Waals surface area contributed by atoms with E-state index in [4.69, 9.17) is 29.2 Å². The first-order valence-corrected chi connectivity index (χ1v) is 27.6. The van der Waals surface area contributed by atoms with E-state index in [-0.39, 0.29) is 39.3 Å². The lowest BCUT2D eigenvalue weighted by molar-refractivity contribution is 0.174. The molecule has 6 heteroatoms. The largest absolute Gasteiger partial charge is 0.493 e. The minimum absolute atomic E-state index is 0.00851. The van der Waals surface area contributed by atoms with Gasteiger partial charge in [0.05, 0.1) is 17.6 Å². The van der Waals surface area contributed by atoms with Crippen LogP contribution in [-0.2, 0) is 51.8 Å². The zero-order valence-corrected chi connectivity index (χ0v) is 50.8. The zero-order chi connectivity index (χ0) is 54.9. The molecule has 0 unspecified atom stereocenters. The summed E-state index contributed by atoms with van der Waals surface area (Å²) < 4.78 is 17.2. The van der Waals surface area contributed by atoms with Gasteiger partial charge in [-0.3, -0.25) is 9.97 Å². The van der Waals surface area contributed by atoms with Gasteiger partial charge in [0, 0.05) is 61.5 Å². The van der Waals surface area contributed by atoms with Crippen molar-refractivity contribution in [2.75, 3.05) is 13.4 Å². The van der Waals surface area contributed by atoms with Crippen LogP contribution in [0, 0.1) is 20.8 Å². The molecule has 0 saturated heterocycles. The van der Waals surface area contributed by atoms with Crippen molar-refractivity contribution in [2.45, 2.75) is 245 Å². The van der Waals surface area contributed by atoms with Crippen molar-refractivity contribution in [1.82, 2.24) is 15.0 Å². The Bertz CT molecular complexity index is 2550. The maximum absolute atomic E-state index is 5.85. The molecule has 5 heterocycles. The second kappa shape index (κ2) is 22.4. The van der Waals surface area contributed by atoms with Gasteiger partial charge in [0.1, 0.15) is 11.3 Å². The Morgan fingerprint density at radius 2 is 0.694 bits per heavy atom. The first kappa shape index (κ1) is 59.8. The van der Waals surface area contributed by atoms with Crippen molar-refractivity contribution in [1.29, 1.82) is 0 Å². The van der Waals surface area contributed by atoms with Crippen molar-refractivity contribution in [2.24, 2.45) is 0 Å². The average Bonchev–Trinajstić information content (AvgIpc) is 4.10. The van der Waals surface area contributed by atoms with Gasteiger partial charge in [-0.1, -0.05) is 166 Å². The maximum Gasteiger partial charge on any atom is 0.231 e. The second-order valence-corrected chi connectivity index (χ2v) is 25.7. The van der Waals surface area contributed by atoms with Crippen LogP contribution in [-0.4, -0.2) is 28.4 Å². The molecular formula is C66H99N3O3. The van der Waals surface area contributed by atoms with Gasteiger partial charge in [0.2, 0.25) is 6.79 Å². The molecule has 0 saturated carbocycles. The molecule has 0 spiro atoms. The van der Waals surface area contributed by atoms with E-state index in [9.17, 15) is 0 Å². The van der Waals surface area contributed by atoms with Crippen molar-refractivity contribution in [3.05, 3.63) is 104 Å². The maximum atomic E-state index is 5.85. The van der Waals surface area contributed by atoms with Gasteiger partial charge in [-0.25, -0.2) is 4.98 Å². The predicted octanol–water partition coefficient (Wildman–Crippen LogP) is 18.6. The third kappa shape index (κ3) is 12.8. The van der Waals surface area contributed by atoms with Gasteiger partial charge in [0.15, 0.2) is 11.5 Å². The molecule has 9 rings (SSSR count). The summed E-state index contributed by atoms with van der Waals surface area (Å²) in [6.07, 6.45) is 4.67. The van der Waals surface area contributed by atoms with Gasteiger partial charge in [-0.15, -0.1) is 0 Å². The van der Waals surface area contributed by atoms with Crippen LogP contribution < -0.4 is 14.2 Å². The highest BCUT2D eigenvalue weighted by molar-refractivity contribution is 5.93. The molecule has 1 aliphatic carbocycles. The van der Waals surface area contributed by atoms with Crippen LogP contribution in [0.5, 0.6) is 17.2 Å². The minimum atomic E-state index is -0.00851. The molecule has 0 atom stereocenters. The third-order valence-corrected chi connectivity index (χ3v) is 13.7. The van der Waals surface area contributed by atoms with E-state index in [0.29, 0.717) is 0 Å². The van der Waals surface area contributed by atoms with Gasteiger partial charge in [-0.2, -0.15) is 0 Å². The van der Waals surface area contributed by atoms with Crippen molar-refractivity contribution in [3.63, 3.8) is 0 Å². The summed E-state index contributed by atoms with van der Waals surface area (Å²) >= 11 is 0. The van der Waals surface area contributed by atoms with Crippen LogP contribution in [0.25, 0.3) is 32.7 Å². The highest BCUT2D eigenvalue weighted by Crippen LogP contribution is 2.46. The quantitative estimate of drug-likeness (QED) is 0.151. The Kier molecular flexibility index (Phi) is 18.6. The number of hydrogen-bond acceptors (Lipinski definition) is 6. The molecule has 0 amide bonds. The molecule has 0 N–H and O–H groups in total. The van der Waals surface area contributed by atoms with Gasteiger partial charge >= 0.3 is 0 Å². The summed E-state index contributed by atoms with van der Waals surface area (Å²) in [5.41, 5.74) is 19.6. The smallest absolute Gasteiger partial charge is 0.231 e. The lowest BCUT2D eigenvalue weighted by Crippen LogP contribution is -2.19. The molecule has 3 aromatic carbocycles. The molecule has 0 radical (unpaired) electrons. The number of fused-ring (bicyclic) bond motifs is 9. The Balaban J connectivity index is 0.000000222. The van der Waals surface area contributed by atoms with Crippen molar-refractivity contribution < 1.29 is 14.2 Å². The Hall–Kier alpha value is -4.71. The number of aryl methyl sites for hydroxylation is 4. The van der Waals surface area contributed by atoms with Crippen LogP contribution in [0.2, 0.25) is 0 Å². The first-order valence-electron chi connectivity index (χ1n) is 27.6. The SMILES string of the molecule is CC.CC.CC.Cc1cc2c(C(C)(C)C)cc(C(C)(C)C)nc2c2c1CCC2.Cc1cc2c(C(C)(C)C)cc(C(C)(C)C)nc2c2c1OCC2.Cc1cc2c(C(C)(C)C)cc(C(C)(C)C)nc2c2c1OCO2. The van der Waals surface area contributed by atoms with Crippen LogP contribution >= 0.6 is 0 Å². The average molecular weight is 983 g/mol. The summed E-state index contributed by atoms with van der Waals surface area (Å²) in [5, 5.41) is 3.84. The van der Waals surface area contributed by atoms with Crippen LogP contribution in [0.4, 0.5) is 0 Å². The fraction of sp³-hybridized carbons (Fsp3) is 0.591. The summed E-state index contributed by atoms with van der Waals surface area (Å²) in [5.74, 6) is 2.70.